The number of benzene rings is 5. The molecule has 0 aromatic heterocycles. The van der Waals surface area contributed by atoms with Gasteiger partial charge in [0.25, 0.3) is 0 Å². The maximum absolute atomic E-state index is 2.35. The van der Waals surface area contributed by atoms with Crippen molar-refractivity contribution in [3.05, 3.63) is 168 Å². The second kappa shape index (κ2) is 11.3. The molecule has 1 aliphatic rings. The molecule has 0 amide bonds. The van der Waals surface area contributed by atoms with E-state index in [-0.39, 0.29) is 0 Å². The molecular weight excluding hydrogens is 536 g/mol. The number of fused-ring (bicyclic) bond motifs is 3. The SMILES string of the molecule is C1=CCC(c2c(-c3ccccc3)ccc3c2[cH-]c2ccccc23)=C1.[Zr]=[C](c1ccccc1)c1ccccc1. The van der Waals surface area contributed by atoms with Gasteiger partial charge in [0.2, 0.25) is 0 Å². The zero-order chi connectivity index (χ0) is 25.7. The van der Waals surface area contributed by atoms with Crippen LogP contribution in [0.2, 0.25) is 0 Å². The Morgan fingerprint density at radius 3 is 1.84 bits per heavy atom. The fourth-order valence-electron chi connectivity index (χ4n) is 5.24. The molecule has 1 aliphatic carbocycles. The summed E-state index contributed by atoms with van der Waals surface area (Å²) in [4.78, 5) is 0. The van der Waals surface area contributed by atoms with E-state index in [2.05, 4.69) is 152 Å². The molecule has 0 spiro atoms. The maximum atomic E-state index is 2.35. The number of hydrogen-bond donors (Lipinski definition) is 0. The first-order chi connectivity index (χ1) is 18.8. The van der Waals surface area contributed by atoms with Crippen molar-refractivity contribution in [3.63, 3.8) is 0 Å². The Hall–Kier alpha value is -3.80. The van der Waals surface area contributed by atoms with Crippen molar-refractivity contribution in [3.8, 4) is 11.1 Å². The van der Waals surface area contributed by atoms with Crippen LogP contribution in [0.25, 0.3) is 38.2 Å². The number of allylic oxidation sites excluding steroid dienone is 4. The Kier molecular flexibility index (Phi) is 7.30. The van der Waals surface area contributed by atoms with Crippen LogP contribution in [0.3, 0.4) is 0 Å². The van der Waals surface area contributed by atoms with Crippen LogP contribution in [-0.4, -0.2) is 3.21 Å². The van der Waals surface area contributed by atoms with E-state index in [1.54, 1.807) is 0 Å². The summed E-state index contributed by atoms with van der Waals surface area (Å²) in [6.07, 6.45) is 7.69. The third kappa shape index (κ3) is 5.00. The molecule has 0 radical (unpaired) electrons. The van der Waals surface area contributed by atoms with Gasteiger partial charge in [-0.05, 0) is 17.5 Å². The second-order valence-electron chi connectivity index (χ2n) is 9.48. The van der Waals surface area contributed by atoms with Crippen LogP contribution in [0, 0.1) is 0 Å². The summed E-state index contributed by atoms with van der Waals surface area (Å²) in [5, 5.41) is 5.39. The van der Waals surface area contributed by atoms with Gasteiger partial charge in [0.05, 0.1) is 0 Å². The normalized spacial score (nSPS) is 12.2. The van der Waals surface area contributed by atoms with Crippen molar-refractivity contribution in [1.29, 1.82) is 0 Å². The molecular formula is C37H27Zr-. The van der Waals surface area contributed by atoms with E-state index in [0.717, 1.165) is 6.42 Å². The summed E-state index contributed by atoms with van der Waals surface area (Å²) in [6, 6.07) is 47.4. The van der Waals surface area contributed by atoms with Gasteiger partial charge in [-0.2, -0.15) is 0 Å². The van der Waals surface area contributed by atoms with Crippen LogP contribution in [0.15, 0.2) is 152 Å². The molecule has 1 heteroatoms. The Bertz CT molecular complexity index is 1730. The van der Waals surface area contributed by atoms with Crippen molar-refractivity contribution >= 4 is 30.3 Å². The minimum absolute atomic E-state index is 1.01. The molecule has 6 aromatic rings. The molecule has 0 bridgehead atoms. The molecule has 0 nitrogen and oxygen atoms in total. The van der Waals surface area contributed by atoms with Gasteiger partial charge in [0.15, 0.2) is 0 Å². The van der Waals surface area contributed by atoms with E-state index in [0.29, 0.717) is 0 Å². The molecule has 0 fully saturated rings. The molecule has 0 unspecified atom stereocenters. The van der Waals surface area contributed by atoms with Gasteiger partial charge in [0.1, 0.15) is 0 Å². The molecule has 0 aliphatic heterocycles. The van der Waals surface area contributed by atoms with Gasteiger partial charge in [-0.1, -0.05) is 90.0 Å². The Labute approximate surface area is 239 Å². The summed E-state index contributed by atoms with van der Waals surface area (Å²) in [5.41, 5.74) is 8.07. The van der Waals surface area contributed by atoms with Crippen molar-refractivity contribution in [2.75, 3.05) is 0 Å². The zero-order valence-electron chi connectivity index (χ0n) is 21.1. The van der Waals surface area contributed by atoms with Crippen LogP contribution in [0.5, 0.6) is 0 Å². The molecule has 0 N–H and O–H groups in total. The van der Waals surface area contributed by atoms with E-state index < -0.39 is 0 Å². The third-order valence-corrected chi connectivity index (χ3v) is 8.52. The summed E-state index contributed by atoms with van der Waals surface area (Å²) < 4.78 is 1.42. The molecule has 0 saturated heterocycles. The molecule has 38 heavy (non-hydrogen) atoms. The first-order valence-electron chi connectivity index (χ1n) is 13.0. The van der Waals surface area contributed by atoms with Crippen molar-refractivity contribution in [2.24, 2.45) is 0 Å². The summed E-state index contributed by atoms with van der Waals surface area (Å²) in [5.74, 6) is 0. The van der Waals surface area contributed by atoms with E-state index in [4.69, 9.17) is 0 Å². The standard InChI is InChI=1S/C24H17.C13H10.Zr/c1-2-8-17(9-3-1)21-14-15-22-20-13-7-6-12-19(20)16-23(22)24(21)18-10-4-5-11-18;1-3-7-12(8-4-1)11-13-9-5-2-6-10-13;/h1-10,12-16H,11H2;1-10H;/q-1;;. The molecule has 0 atom stereocenters. The first-order valence-corrected chi connectivity index (χ1v) is 14.2. The fraction of sp³-hybridized carbons (Fsp3) is 0.0270. The molecule has 0 saturated carbocycles. The molecule has 180 valence electrons. The van der Waals surface area contributed by atoms with Gasteiger partial charge in [-0.15, -0.1) is 33.7 Å². The van der Waals surface area contributed by atoms with Crippen LogP contribution < -0.4 is 0 Å². The van der Waals surface area contributed by atoms with Gasteiger partial charge in [-0.25, -0.2) is 0 Å². The summed E-state index contributed by atoms with van der Waals surface area (Å²) in [7, 11) is 0. The molecule has 6 aromatic carbocycles. The second-order valence-corrected chi connectivity index (χ2v) is 10.7. The quantitative estimate of drug-likeness (QED) is 0.188. The molecule has 0 heterocycles. The van der Waals surface area contributed by atoms with E-state index in [9.17, 15) is 0 Å². The number of rotatable bonds is 4. The monoisotopic (exact) mass is 561 g/mol. The zero-order valence-corrected chi connectivity index (χ0v) is 23.6. The van der Waals surface area contributed by atoms with Crippen molar-refractivity contribution < 1.29 is 24.2 Å². The average molecular weight is 563 g/mol. The van der Waals surface area contributed by atoms with Gasteiger partial charge in [-0.3, -0.25) is 0 Å². The van der Waals surface area contributed by atoms with E-state index in [1.165, 1.54) is 82.4 Å². The van der Waals surface area contributed by atoms with Gasteiger partial charge < -0.3 is 0 Å². The summed E-state index contributed by atoms with van der Waals surface area (Å²) >= 11 is 1.46. The minimum atomic E-state index is 1.01. The Morgan fingerprint density at radius 2 is 1.21 bits per heavy atom. The summed E-state index contributed by atoms with van der Waals surface area (Å²) in [6.45, 7) is 0. The first kappa shape index (κ1) is 24.5. The predicted molar refractivity (Wildman–Crippen MR) is 160 cm³/mol. The van der Waals surface area contributed by atoms with Crippen LogP contribution in [-0.2, 0) is 24.2 Å². The van der Waals surface area contributed by atoms with Crippen LogP contribution in [0.4, 0.5) is 0 Å². The predicted octanol–water partition coefficient (Wildman–Crippen LogP) is 9.52. The van der Waals surface area contributed by atoms with Crippen molar-refractivity contribution in [2.45, 2.75) is 6.42 Å². The Balaban J connectivity index is 0.000000161. The third-order valence-electron chi connectivity index (χ3n) is 7.10. The van der Waals surface area contributed by atoms with E-state index >= 15 is 0 Å². The van der Waals surface area contributed by atoms with E-state index in [1.807, 2.05) is 0 Å². The van der Waals surface area contributed by atoms with Gasteiger partial charge in [0, 0.05) is 0 Å². The fourth-order valence-corrected chi connectivity index (χ4v) is 6.06. The van der Waals surface area contributed by atoms with Crippen LogP contribution >= 0.6 is 0 Å². The topological polar surface area (TPSA) is 0 Å². The average Bonchev–Trinajstić information content (AvgIpc) is 3.66. The van der Waals surface area contributed by atoms with Crippen LogP contribution in [0.1, 0.15) is 23.1 Å². The van der Waals surface area contributed by atoms with Gasteiger partial charge >= 0.3 is 99.2 Å². The van der Waals surface area contributed by atoms with Crippen molar-refractivity contribution in [1.82, 2.24) is 0 Å². The molecule has 7 rings (SSSR count). The number of hydrogen-bond acceptors (Lipinski definition) is 0. The Morgan fingerprint density at radius 1 is 0.605 bits per heavy atom.